The molecule has 0 bridgehead atoms. The third kappa shape index (κ3) is 2.98. The molecular formula is C19H17Cl2N3OS. The van der Waals surface area contributed by atoms with Crippen LogP contribution in [0.3, 0.4) is 0 Å². The predicted molar refractivity (Wildman–Crippen MR) is 107 cm³/mol. The van der Waals surface area contributed by atoms with Gasteiger partial charge in [0.15, 0.2) is 5.82 Å². The average molecular weight is 406 g/mol. The lowest BCUT2D eigenvalue weighted by molar-refractivity contribution is 0.585. The van der Waals surface area contributed by atoms with E-state index in [4.69, 9.17) is 23.2 Å². The van der Waals surface area contributed by atoms with Gasteiger partial charge in [0.25, 0.3) is 5.56 Å². The van der Waals surface area contributed by atoms with Crippen molar-refractivity contribution in [2.24, 2.45) is 11.3 Å². The van der Waals surface area contributed by atoms with Gasteiger partial charge in [-0.3, -0.25) is 4.79 Å². The number of aryl methyl sites for hydroxylation is 1. The van der Waals surface area contributed by atoms with Gasteiger partial charge in [-0.1, -0.05) is 78.2 Å². The number of rotatable bonds is 3. The SMILES string of the molecule is Cc1ccc(/C=c2/sc3nc([C@@H]4[C@H](C=C(Cl)Cl)C4(C)C)nn3c2=O)cc1. The Morgan fingerprint density at radius 1 is 1.27 bits per heavy atom. The third-order valence-corrected chi connectivity index (χ3v) is 6.28. The number of hydrogen-bond donors (Lipinski definition) is 0. The number of nitrogens with zero attached hydrogens (tertiary/aromatic N) is 3. The highest BCUT2D eigenvalue weighted by Crippen LogP contribution is 2.64. The fourth-order valence-corrected chi connectivity index (χ4v) is 4.60. The third-order valence-electron chi connectivity index (χ3n) is 5.07. The summed E-state index contributed by atoms with van der Waals surface area (Å²) in [5.41, 5.74) is 2.02. The molecule has 0 aliphatic heterocycles. The molecule has 1 aliphatic carbocycles. The molecule has 134 valence electrons. The summed E-state index contributed by atoms with van der Waals surface area (Å²) in [5, 5.41) is 4.47. The van der Waals surface area contributed by atoms with E-state index in [0.29, 0.717) is 15.3 Å². The molecule has 0 spiro atoms. The summed E-state index contributed by atoms with van der Waals surface area (Å²) < 4.78 is 2.29. The van der Waals surface area contributed by atoms with Gasteiger partial charge >= 0.3 is 0 Å². The lowest BCUT2D eigenvalue weighted by Crippen LogP contribution is -2.23. The van der Waals surface area contributed by atoms with Crippen molar-refractivity contribution >= 4 is 45.6 Å². The first-order valence-electron chi connectivity index (χ1n) is 8.28. The highest BCUT2D eigenvalue weighted by atomic mass is 35.5. The van der Waals surface area contributed by atoms with Crippen LogP contribution in [0.2, 0.25) is 0 Å². The minimum atomic E-state index is -0.134. The van der Waals surface area contributed by atoms with Gasteiger partial charge in [-0.05, 0) is 36.0 Å². The van der Waals surface area contributed by atoms with Crippen molar-refractivity contribution in [1.29, 1.82) is 0 Å². The molecule has 1 saturated carbocycles. The summed E-state index contributed by atoms with van der Waals surface area (Å²) in [6.07, 6.45) is 3.71. The van der Waals surface area contributed by atoms with Gasteiger partial charge in [0.05, 0.1) is 4.53 Å². The van der Waals surface area contributed by atoms with Crippen LogP contribution in [0.25, 0.3) is 11.0 Å². The number of aromatic nitrogens is 3. The molecule has 1 aromatic carbocycles. The summed E-state index contributed by atoms with van der Waals surface area (Å²) in [6.45, 7) is 6.28. The quantitative estimate of drug-likeness (QED) is 0.659. The lowest BCUT2D eigenvalue weighted by atomic mass is 10.1. The molecule has 4 nitrogen and oxygen atoms in total. The first-order valence-corrected chi connectivity index (χ1v) is 9.85. The lowest BCUT2D eigenvalue weighted by Gasteiger charge is -1.97. The molecule has 0 N–H and O–H groups in total. The van der Waals surface area contributed by atoms with Crippen molar-refractivity contribution in [3.63, 3.8) is 0 Å². The Balaban J connectivity index is 1.72. The van der Waals surface area contributed by atoms with Gasteiger partial charge < -0.3 is 0 Å². The number of hydrogen-bond acceptors (Lipinski definition) is 4. The summed E-state index contributed by atoms with van der Waals surface area (Å²) in [7, 11) is 0. The van der Waals surface area contributed by atoms with Crippen molar-refractivity contribution in [2.75, 3.05) is 0 Å². The second-order valence-corrected chi connectivity index (χ2v) is 9.29. The molecule has 2 aromatic heterocycles. The summed E-state index contributed by atoms with van der Waals surface area (Å²) in [6, 6.07) is 8.04. The summed E-state index contributed by atoms with van der Waals surface area (Å²) >= 11 is 13.0. The molecule has 0 amide bonds. The molecule has 0 radical (unpaired) electrons. The highest BCUT2D eigenvalue weighted by Gasteiger charge is 2.59. The molecular weight excluding hydrogens is 389 g/mol. The van der Waals surface area contributed by atoms with E-state index in [1.807, 2.05) is 43.3 Å². The molecule has 0 unspecified atom stereocenters. The number of thiazole rings is 1. The van der Waals surface area contributed by atoms with E-state index in [2.05, 4.69) is 23.9 Å². The van der Waals surface area contributed by atoms with Crippen LogP contribution >= 0.6 is 34.5 Å². The standard InChI is InChI=1S/C19H17Cl2N3OS/c1-10-4-6-11(7-5-10)8-13-17(25)24-18(26-13)22-16(23-24)15-12(9-14(20)21)19(15,2)3/h4-9,12,15H,1-3H3/b13-8+/t12-,15-/m0/s1. The van der Waals surface area contributed by atoms with Gasteiger partial charge in [0.2, 0.25) is 4.96 Å². The molecule has 1 aliphatic rings. The van der Waals surface area contributed by atoms with E-state index >= 15 is 0 Å². The van der Waals surface area contributed by atoms with Crippen LogP contribution in [0.4, 0.5) is 0 Å². The van der Waals surface area contributed by atoms with Crippen LogP contribution in [0.5, 0.6) is 0 Å². The zero-order chi connectivity index (χ0) is 18.6. The molecule has 0 saturated heterocycles. The number of fused-ring (bicyclic) bond motifs is 1. The molecule has 3 aromatic rings. The second-order valence-electron chi connectivity index (χ2n) is 7.27. The highest BCUT2D eigenvalue weighted by molar-refractivity contribution is 7.15. The van der Waals surface area contributed by atoms with Gasteiger partial charge in [-0.15, -0.1) is 5.10 Å². The predicted octanol–water partition coefficient (Wildman–Crippen LogP) is 4.07. The van der Waals surface area contributed by atoms with Crippen LogP contribution < -0.4 is 10.1 Å². The van der Waals surface area contributed by atoms with Crippen LogP contribution in [0.1, 0.15) is 36.7 Å². The average Bonchev–Trinajstić information content (AvgIpc) is 2.86. The molecule has 2 atom stereocenters. The summed E-state index contributed by atoms with van der Waals surface area (Å²) in [4.78, 5) is 17.9. The Kier molecular flexibility index (Phi) is 4.21. The van der Waals surface area contributed by atoms with Gasteiger partial charge in [0.1, 0.15) is 4.49 Å². The van der Waals surface area contributed by atoms with E-state index in [1.54, 1.807) is 0 Å². The number of halogens is 2. The van der Waals surface area contributed by atoms with Crippen molar-refractivity contribution in [2.45, 2.75) is 26.7 Å². The second kappa shape index (κ2) is 6.19. The first kappa shape index (κ1) is 17.7. The van der Waals surface area contributed by atoms with Crippen LogP contribution in [0, 0.1) is 18.3 Å². The summed E-state index contributed by atoms with van der Waals surface area (Å²) in [5.74, 6) is 0.973. The smallest absolute Gasteiger partial charge is 0.266 e. The Hall–Kier alpha value is -1.69. The van der Waals surface area contributed by atoms with E-state index < -0.39 is 0 Å². The molecule has 7 heteroatoms. The minimum absolute atomic E-state index is 0.0219. The van der Waals surface area contributed by atoms with Crippen LogP contribution in [-0.2, 0) is 0 Å². The van der Waals surface area contributed by atoms with Crippen molar-refractivity contribution in [3.8, 4) is 0 Å². The topological polar surface area (TPSA) is 47.3 Å². The monoisotopic (exact) mass is 405 g/mol. The zero-order valence-corrected chi connectivity index (χ0v) is 16.9. The Morgan fingerprint density at radius 3 is 2.58 bits per heavy atom. The van der Waals surface area contributed by atoms with Crippen LogP contribution in [0.15, 0.2) is 39.6 Å². The maximum atomic E-state index is 12.7. The molecule has 4 rings (SSSR count). The van der Waals surface area contributed by atoms with E-state index in [9.17, 15) is 4.79 Å². The van der Waals surface area contributed by atoms with Gasteiger partial charge in [0, 0.05) is 5.92 Å². The fourth-order valence-electron chi connectivity index (χ4n) is 3.41. The van der Waals surface area contributed by atoms with Crippen molar-refractivity contribution < 1.29 is 0 Å². The molecule has 26 heavy (non-hydrogen) atoms. The maximum absolute atomic E-state index is 12.7. The molecule has 1 fully saturated rings. The first-order chi connectivity index (χ1) is 12.3. The minimum Gasteiger partial charge on any atom is -0.266 e. The van der Waals surface area contributed by atoms with E-state index in [-0.39, 0.29) is 27.3 Å². The van der Waals surface area contributed by atoms with Gasteiger partial charge in [-0.2, -0.15) is 4.52 Å². The number of benzene rings is 1. The number of allylic oxidation sites excluding steroid dienone is 1. The normalized spacial score (nSPS) is 22.0. The van der Waals surface area contributed by atoms with Crippen molar-refractivity contribution in [3.05, 3.63) is 66.7 Å². The van der Waals surface area contributed by atoms with Crippen molar-refractivity contribution in [1.82, 2.24) is 14.6 Å². The Labute approximate surface area is 164 Å². The Bertz CT molecular complexity index is 1120. The fraction of sp³-hybridized carbons (Fsp3) is 0.316. The van der Waals surface area contributed by atoms with Gasteiger partial charge in [-0.25, -0.2) is 4.98 Å². The Morgan fingerprint density at radius 2 is 1.96 bits per heavy atom. The zero-order valence-electron chi connectivity index (χ0n) is 14.5. The maximum Gasteiger partial charge on any atom is 0.291 e. The van der Waals surface area contributed by atoms with E-state index in [0.717, 1.165) is 5.56 Å². The molecule has 2 heterocycles. The van der Waals surface area contributed by atoms with E-state index in [1.165, 1.54) is 21.4 Å². The largest absolute Gasteiger partial charge is 0.291 e. The van der Waals surface area contributed by atoms with Crippen LogP contribution in [-0.4, -0.2) is 14.6 Å².